The Morgan fingerprint density at radius 2 is 2.00 bits per heavy atom. The van der Waals surface area contributed by atoms with Crippen molar-refractivity contribution in [1.82, 2.24) is 9.78 Å². The summed E-state index contributed by atoms with van der Waals surface area (Å²) in [6.07, 6.45) is 0. The zero-order valence-electron chi connectivity index (χ0n) is 15.6. The number of rotatable bonds is 4. The SMILES string of the molecule is COc1ccc(NC(=O)c2cc3c(C)nn(-c4cccc(C)c4)c3s2)cc1Cl. The molecule has 0 spiro atoms. The zero-order valence-corrected chi connectivity index (χ0v) is 17.2. The lowest BCUT2D eigenvalue weighted by Gasteiger charge is -2.07. The largest absolute Gasteiger partial charge is 0.495 e. The third-order valence-corrected chi connectivity index (χ3v) is 5.83. The molecule has 0 atom stereocenters. The van der Waals surface area contributed by atoms with E-state index in [1.54, 1.807) is 25.3 Å². The fourth-order valence-electron chi connectivity index (χ4n) is 3.03. The highest BCUT2D eigenvalue weighted by molar-refractivity contribution is 7.20. The molecule has 2 aromatic carbocycles. The molecule has 0 saturated heterocycles. The Kier molecular flexibility index (Phi) is 4.83. The second-order valence-corrected chi connectivity index (χ2v) is 7.91. The van der Waals surface area contributed by atoms with Crippen LogP contribution in [0, 0.1) is 13.8 Å². The van der Waals surface area contributed by atoms with Crippen molar-refractivity contribution in [1.29, 1.82) is 0 Å². The predicted molar refractivity (Wildman–Crippen MR) is 114 cm³/mol. The third-order valence-electron chi connectivity index (χ3n) is 4.42. The number of nitrogens with zero attached hydrogens (tertiary/aromatic N) is 2. The van der Waals surface area contributed by atoms with Gasteiger partial charge >= 0.3 is 0 Å². The topological polar surface area (TPSA) is 56.1 Å². The summed E-state index contributed by atoms with van der Waals surface area (Å²) in [6.45, 7) is 4.00. The molecule has 0 fully saturated rings. The molecule has 0 radical (unpaired) electrons. The summed E-state index contributed by atoms with van der Waals surface area (Å²) in [5.41, 5.74) is 3.64. The van der Waals surface area contributed by atoms with Crippen molar-refractivity contribution in [2.24, 2.45) is 0 Å². The van der Waals surface area contributed by atoms with Crippen LogP contribution in [-0.2, 0) is 0 Å². The Labute approximate surface area is 171 Å². The molecule has 4 rings (SSSR count). The number of nitrogens with one attached hydrogen (secondary N) is 1. The summed E-state index contributed by atoms with van der Waals surface area (Å²) in [5.74, 6) is 0.382. The molecule has 5 nitrogen and oxygen atoms in total. The number of amides is 1. The Morgan fingerprint density at radius 3 is 2.71 bits per heavy atom. The number of methoxy groups -OCH3 is 1. The predicted octanol–water partition coefficient (Wildman–Crippen LogP) is 5.62. The van der Waals surface area contributed by atoms with Crippen molar-refractivity contribution in [2.75, 3.05) is 12.4 Å². The smallest absolute Gasteiger partial charge is 0.265 e. The maximum atomic E-state index is 12.8. The molecule has 0 bridgehead atoms. The summed E-state index contributed by atoms with van der Waals surface area (Å²) in [7, 11) is 1.55. The first-order valence-corrected chi connectivity index (χ1v) is 9.87. The van der Waals surface area contributed by atoms with Crippen LogP contribution in [0.4, 0.5) is 5.69 Å². The molecule has 28 heavy (non-hydrogen) atoms. The van der Waals surface area contributed by atoms with Gasteiger partial charge in [0.15, 0.2) is 0 Å². The van der Waals surface area contributed by atoms with E-state index in [0.29, 0.717) is 21.3 Å². The molecule has 0 saturated carbocycles. The van der Waals surface area contributed by atoms with Crippen LogP contribution in [0.1, 0.15) is 20.9 Å². The second-order valence-electron chi connectivity index (χ2n) is 6.47. The van der Waals surface area contributed by atoms with Gasteiger partial charge in [-0.25, -0.2) is 4.68 Å². The number of aryl methyl sites for hydroxylation is 2. The van der Waals surface area contributed by atoms with Crippen LogP contribution >= 0.6 is 22.9 Å². The van der Waals surface area contributed by atoms with Gasteiger partial charge in [0.05, 0.1) is 28.4 Å². The first-order chi connectivity index (χ1) is 13.5. The molecule has 0 aliphatic carbocycles. The van der Waals surface area contributed by atoms with E-state index in [0.717, 1.165) is 27.2 Å². The Balaban J connectivity index is 1.67. The summed E-state index contributed by atoms with van der Waals surface area (Å²) >= 11 is 7.56. The highest BCUT2D eigenvalue weighted by Gasteiger charge is 2.17. The molecule has 2 heterocycles. The molecule has 2 aromatic heterocycles. The summed E-state index contributed by atoms with van der Waals surface area (Å²) in [4.78, 5) is 14.3. The summed E-state index contributed by atoms with van der Waals surface area (Å²) < 4.78 is 7.04. The molecule has 4 aromatic rings. The lowest BCUT2D eigenvalue weighted by Crippen LogP contribution is -2.10. The molecular weight excluding hydrogens is 394 g/mol. The molecule has 1 amide bonds. The fourth-order valence-corrected chi connectivity index (χ4v) is 4.37. The number of carbonyl (C=O) groups is 1. The lowest BCUT2D eigenvalue weighted by molar-refractivity contribution is 0.103. The maximum absolute atomic E-state index is 12.8. The Bertz CT molecular complexity index is 1200. The van der Waals surface area contributed by atoms with E-state index in [-0.39, 0.29) is 5.91 Å². The van der Waals surface area contributed by atoms with E-state index in [9.17, 15) is 4.79 Å². The number of thiophene rings is 1. The standard InChI is InChI=1S/C21H18ClN3O2S/c1-12-5-4-6-15(9-12)25-21-16(13(2)24-25)11-19(28-21)20(26)23-14-7-8-18(27-3)17(22)10-14/h4-11H,1-3H3,(H,23,26). The van der Waals surface area contributed by atoms with Crippen LogP contribution in [0.15, 0.2) is 48.5 Å². The Morgan fingerprint density at radius 1 is 1.18 bits per heavy atom. The van der Waals surface area contributed by atoms with Crippen molar-refractivity contribution in [3.63, 3.8) is 0 Å². The van der Waals surface area contributed by atoms with E-state index in [1.807, 2.05) is 42.8 Å². The van der Waals surface area contributed by atoms with Crippen molar-refractivity contribution >= 4 is 44.7 Å². The summed E-state index contributed by atoms with van der Waals surface area (Å²) in [6, 6.07) is 15.2. The van der Waals surface area contributed by atoms with Gasteiger partial charge in [0.25, 0.3) is 5.91 Å². The van der Waals surface area contributed by atoms with Gasteiger partial charge in [-0.05, 0) is 55.8 Å². The average Bonchev–Trinajstić information content (AvgIpc) is 3.23. The van der Waals surface area contributed by atoms with E-state index >= 15 is 0 Å². The van der Waals surface area contributed by atoms with Crippen LogP contribution in [0.25, 0.3) is 15.9 Å². The van der Waals surface area contributed by atoms with Crippen molar-refractivity contribution in [3.05, 3.63) is 69.7 Å². The van der Waals surface area contributed by atoms with E-state index in [2.05, 4.69) is 16.5 Å². The van der Waals surface area contributed by atoms with Gasteiger partial charge in [0.1, 0.15) is 10.6 Å². The fraction of sp³-hybridized carbons (Fsp3) is 0.143. The Hall–Kier alpha value is -2.83. The number of carbonyl (C=O) groups excluding carboxylic acids is 1. The molecule has 7 heteroatoms. The van der Waals surface area contributed by atoms with E-state index in [4.69, 9.17) is 16.3 Å². The van der Waals surface area contributed by atoms with Gasteiger partial charge < -0.3 is 10.1 Å². The summed E-state index contributed by atoms with van der Waals surface area (Å²) in [5, 5.41) is 8.95. The highest BCUT2D eigenvalue weighted by Crippen LogP contribution is 2.32. The molecule has 0 unspecified atom stereocenters. The molecule has 0 aliphatic rings. The number of benzene rings is 2. The number of anilines is 1. The molecule has 0 aliphatic heterocycles. The van der Waals surface area contributed by atoms with Crippen molar-refractivity contribution < 1.29 is 9.53 Å². The number of halogens is 1. The first-order valence-electron chi connectivity index (χ1n) is 8.67. The average molecular weight is 412 g/mol. The third kappa shape index (κ3) is 3.37. The second kappa shape index (κ2) is 7.30. The minimum absolute atomic E-state index is 0.183. The molecule has 1 N–H and O–H groups in total. The van der Waals surface area contributed by atoms with Crippen LogP contribution in [-0.4, -0.2) is 22.8 Å². The van der Waals surface area contributed by atoms with Crippen LogP contribution < -0.4 is 10.1 Å². The number of hydrogen-bond donors (Lipinski definition) is 1. The van der Waals surface area contributed by atoms with Gasteiger partial charge in [0.2, 0.25) is 0 Å². The van der Waals surface area contributed by atoms with Gasteiger partial charge in [-0.2, -0.15) is 5.10 Å². The van der Waals surface area contributed by atoms with Crippen molar-refractivity contribution in [2.45, 2.75) is 13.8 Å². The van der Waals surface area contributed by atoms with E-state index in [1.165, 1.54) is 11.3 Å². The quantitative estimate of drug-likeness (QED) is 0.474. The zero-order chi connectivity index (χ0) is 19.8. The van der Waals surface area contributed by atoms with Crippen LogP contribution in [0.2, 0.25) is 5.02 Å². The van der Waals surface area contributed by atoms with Crippen LogP contribution in [0.5, 0.6) is 5.75 Å². The normalized spacial score (nSPS) is 11.0. The number of ether oxygens (including phenoxy) is 1. The number of aromatic nitrogens is 2. The van der Waals surface area contributed by atoms with Gasteiger partial charge in [-0.1, -0.05) is 23.7 Å². The highest BCUT2D eigenvalue weighted by atomic mass is 35.5. The van der Waals surface area contributed by atoms with Crippen molar-refractivity contribution in [3.8, 4) is 11.4 Å². The van der Waals surface area contributed by atoms with Crippen LogP contribution in [0.3, 0.4) is 0 Å². The maximum Gasteiger partial charge on any atom is 0.265 e. The van der Waals surface area contributed by atoms with Gasteiger partial charge in [-0.15, -0.1) is 11.3 Å². The lowest BCUT2D eigenvalue weighted by atomic mass is 10.2. The van der Waals surface area contributed by atoms with E-state index < -0.39 is 0 Å². The number of fused-ring (bicyclic) bond motifs is 1. The molecular formula is C21H18ClN3O2S. The first kappa shape index (κ1) is 18.5. The molecule has 142 valence electrons. The minimum atomic E-state index is -0.183. The monoisotopic (exact) mass is 411 g/mol. The minimum Gasteiger partial charge on any atom is -0.495 e. The van der Waals surface area contributed by atoms with Gasteiger partial charge in [-0.3, -0.25) is 4.79 Å². The number of hydrogen-bond acceptors (Lipinski definition) is 4. The van der Waals surface area contributed by atoms with Gasteiger partial charge in [0, 0.05) is 11.1 Å².